The normalized spacial score (nSPS) is 11.2. The summed E-state index contributed by atoms with van der Waals surface area (Å²) in [6.07, 6.45) is -0.469. The molecule has 10 heteroatoms. The molecule has 1 amide bonds. The van der Waals surface area contributed by atoms with Gasteiger partial charge in [0.2, 0.25) is 0 Å². The highest BCUT2D eigenvalue weighted by molar-refractivity contribution is 6.04. The van der Waals surface area contributed by atoms with E-state index in [1.807, 2.05) is 13.0 Å². The van der Waals surface area contributed by atoms with Crippen LogP contribution in [0.25, 0.3) is 22.0 Å². The Bertz CT molecular complexity index is 1460. The molecular formula is C24H17F3N6O. The molecule has 0 saturated carbocycles. The minimum Gasteiger partial charge on any atom is -0.372 e. The number of fused-ring (bicyclic) bond motifs is 1. The zero-order valence-electron chi connectivity index (χ0n) is 18.0. The van der Waals surface area contributed by atoms with Crippen molar-refractivity contribution in [3.63, 3.8) is 0 Å². The molecule has 0 aliphatic carbocycles. The molecule has 0 aliphatic heterocycles. The van der Waals surface area contributed by atoms with Crippen LogP contribution in [0.3, 0.4) is 0 Å². The van der Waals surface area contributed by atoms with Crippen molar-refractivity contribution in [1.82, 2.24) is 15.0 Å². The van der Waals surface area contributed by atoms with Gasteiger partial charge in [-0.15, -0.1) is 0 Å². The van der Waals surface area contributed by atoms with E-state index in [-0.39, 0.29) is 5.56 Å². The second kappa shape index (κ2) is 8.78. The maximum atomic E-state index is 12.9. The van der Waals surface area contributed by atoms with Crippen molar-refractivity contribution in [1.29, 1.82) is 5.26 Å². The molecule has 0 spiro atoms. The van der Waals surface area contributed by atoms with E-state index in [1.165, 1.54) is 6.07 Å². The van der Waals surface area contributed by atoms with E-state index in [4.69, 9.17) is 0 Å². The number of nitrogens with one attached hydrogen (secondary N) is 2. The number of alkyl halides is 3. The van der Waals surface area contributed by atoms with E-state index in [0.29, 0.717) is 34.0 Å². The number of rotatable bonds is 4. The fourth-order valence-corrected chi connectivity index (χ4v) is 3.48. The number of anilines is 2. The second-order valence-corrected chi connectivity index (χ2v) is 7.42. The molecule has 34 heavy (non-hydrogen) atoms. The van der Waals surface area contributed by atoms with Crippen LogP contribution in [0.1, 0.15) is 27.2 Å². The van der Waals surface area contributed by atoms with Crippen LogP contribution in [0.15, 0.2) is 55.0 Å². The van der Waals surface area contributed by atoms with Crippen LogP contribution in [0.5, 0.6) is 0 Å². The number of hydrogen-bond donors (Lipinski definition) is 2. The van der Waals surface area contributed by atoms with Crippen molar-refractivity contribution in [2.24, 2.45) is 0 Å². The van der Waals surface area contributed by atoms with Crippen molar-refractivity contribution >= 4 is 28.3 Å². The van der Waals surface area contributed by atoms with Gasteiger partial charge in [0.1, 0.15) is 23.1 Å². The van der Waals surface area contributed by atoms with Gasteiger partial charge in [0.15, 0.2) is 0 Å². The third kappa shape index (κ3) is 4.36. The Balaban J connectivity index is 1.67. The van der Waals surface area contributed by atoms with E-state index >= 15 is 0 Å². The Labute approximate surface area is 192 Å². The highest BCUT2D eigenvalue weighted by Gasteiger charge is 2.33. The van der Waals surface area contributed by atoms with E-state index in [2.05, 4.69) is 31.7 Å². The lowest BCUT2D eigenvalue weighted by atomic mass is 9.99. The molecule has 7 nitrogen and oxygen atoms in total. The molecule has 3 aromatic heterocycles. The quantitative estimate of drug-likeness (QED) is 0.433. The van der Waals surface area contributed by atoms with Crippen LogP contribution in [0.2, 0.25) is 0 Å². The number of amides is 1. The molecular weight excluding hydrogens is 445 g/mol. The van der Waals surface area contributed by atoms with Gasteiger partial charge in [-0.05, 0) is 48.4 Å². The fourth-order valence-electron chi connectivity index (χ4n) is 3.48. The zero-order valence-corrected chi connectivity index (χ0v) is 18.0. The predicted molar refractivity (Wildman–Crippen MR) is 121 cm³/mol. The first-order chi connectivity index (χ1) is 16.2. The van der Waals surface area contributed by atoms with Crippen molar-refractivity contribution in [3.05, 3.63) is 77.4 Å². The van der Waals surface area contributed by atoms with Crippen LogP contribution < -0.4 is 10.6 Å². The van der Waals surface area contributed by atoms with Gasteiger partial charge in [0.25, 0.3) is 5.91 Å². The van der Waals surface area contributed by atoms with Crippen LogP contribution in [0.4, 0.5) is 24.7 Å². The molecule has 0 saturated heterocycles. The number of carbonyl (C=O) groups is 1. The molecule has 0 unspecified atom stereocenters. The molecule has 1 aromatic carbocycles. The van der Waals surface area contributed by atoms with Gasteiger partial charge >= 0.3 is 6.18 Å². The van der Waals surface area contributed by atoms with Crippen molar-refractivity contribution < 1.29 is 18.0 Å². The highest BCUT2D eigenvalue weighted by atomic mass is 19.4. The average molecular weight is 462 g/mol. The number of pyridine rings is 3. The molecule has 2 N–H and O–H groups in total. The Hall–Kier alpha value is -4.52. The zero-order chi connectivity index (χ0) is 24.5. The first-order valence-corrected chi connectivity index (χ1v) is 10.0. The number of benzene rings is 1. The first-order valence-electron chi connectivity index (χ1n) is 10.0. The van der Waals surface area contributed by atoms with Gasteiger partial charge in [-0.3, -0.25) is 14.8 Å². The Morgan fingerprint density at radius 1 is 1.06 bits per heavy atom. The summed E-state index contributed by atoms with van der Waals surface area (Å²) >= 11 is 0. The van der Waals surface area contributed by atoms with Gasteiger partial charge in [-0.1, -0.05) is 6.07 Å². The molecule has 4 rings (SSSR count). The van der Waals surface area contributed by atoms with E-state index in [0.717, 1.165) is 22.9 Å². The van der Waals surface area contributed by atoms with Crippen molar-refractivity contribution in [2.45, 2.75) is 13.1 Å². The molecule has 0 aliphatic rings. The number of aromatic nitrogens is 3. The van der Waals surface area contributed by atoms with E-state index < -0.39 is 17.8 Å². The largest absolute Gasteiger partial charge is 0.433 e. The van der Waals surface area contributed by atoms with E-state index in [9.17, 15) is 23.2 Å². The summed E-state index contributed by atoms with van der Waals surface area (Å²) in [7, 11) is 1.67. The number of nitriles is 1. The minimum absolute atomic E-state index is 0.160. The average Bonchev–Trinajstić information content (AvgIpc) is 2.83. The van der Waals surface area contributed by atoms with Crippen LogP contribution in [-0.4, -0.2) is 27.9 Å². The highest BCUT2D eigenvalue weighted by Crippen LogP contribution is 2.31. The van der Waals surface area contributed by atoms with Crippen molar-refractivity contribution in [3.8, 4) is 17.2 Å². The summed E-state index contributed by atoms with van der Waals surface area (Å²) in [5.41, 5.74) is 2.32. The van der Waals surface area contributed by atoms with E-state index in [1.54, 1.807) is 37.6 Å². The Kier molecular flexibility index (Phi) is 5.86. The molecule has 4 aromatic rings. The SMILES string of the molecule is CNc1ncc2cc(-c3cc(NC(=O)c4ccnc(C(F)(F)F)c4)ccc3C)cnc2c1C#N. The molecule has 0 atom stereocenters. The standard InChI is InChI=1S/C24H17F3N6O/c1-13-3-4-17(33-23(34)14-5-6-30-20(8-14)24(25,26)27)9-18(13)15-7-16-12-32-22(29-2)19(10-28)21(16)31-11-15/h3-9,11-12H,1-2H3,(H,29,32)(H,33,34). The smallest absolute Gasteiger partial charge is 0.372 e. The third-order valence-corrected chi connectivity index (χ3v) is 5.19. The van der Waals surface area contributed by atoms with Gasteiger partial charge in [0.05, 0.1) is 5.52 Å². The lowest BCUT2D eigenvalue weighted by Gasteiger charge is -2.12. The molecule has 170 valence electrons. The summed E-state index contributed by atoms with van der Waals surface area (Å²) in [6, 6.07) is 11.0. The lowest BCUT2D eigenvalue weighted by molar-refractivity contribution is -0.141. The Morgan fingerprint density at radius 2 is 1.85 bits per heavy atom. The second-order valence-electron chi connectivity index (χ2n) is 7.42. The number of aryl methyl sites for hydroxylation is 1. The monoisotopic (exact) mass is 462 g/mol. The molecule has 0 fully saturated rings. The van der Waals surface area contributed by atoms with Crippen LogP contribution in [0, 0.1) is 18.3 Å². The fraction of sp³-hybridized carbons (Fsp3) is 0.125. The van der Waals surface area contributed by atoms with Gasteiger partial charge < -0.3 is 10.6 Å². The van der Waals surface area contributed by atoms with Crippen LogP contribution in [-0.2, 0) is 6.18 Å². The topological polar surface area (TPSA) is 104 Å². The van der Waals surface area contributed by atoms with Gasteiger partial charge in [-0.25, -0.2) is 4.98 Å². The maximum Gasteiger partial charge on any atom is 0.433 e. The summed E-state index contributed by atoms with van der Waals surface area (Å²) in [4.78, 5) is 24.5. The number of halogens is 3. The number of carbonyl (C=O) groups excluding carboxylic acids is 1. The summed E-state index contributed by atoms with van der Waals surface area (Å²) < 4.78 is 38.8. The lowest BCUT2D eigenvalue weighted by Crippen LogP contribution is -2.15. The number of nitrogens with zero attached hydrogens (tertiary/aromatic N) is 4. The Morgan fingerprint density at radius 3 is 2.56 bits per heavy atom. The summed E-state index contributed by atoms with van der Waals surface area (Å²) in [6.45, 7) is 1.88. The van der Waals surface area contributed by atoms with Crippen LogP contribution >= 0.6 is 0 Å². The summed E-state index contributed by atoms with van der Waals surface area (Å²) in [5.74, 6) is -0.261. The maximum absolute atomic E-state index is 12.9. The van der Waals surface area contributed by atoms with Crippen molar-refractivity contribution in [2.75, 3.05) is 17.7 Å². The molecule has 3 heterocycles. The third-order valence-electron chi connectivity index (χ3n) is 5.19. The molecule has 0 radical (unpaired) electrons. The van der Waals surface area contributed by atoms with Gasteiger partial charge in [0, 0.05) is 47.8 Å². The predicted octanol–water partition coefficient (Wildman–Crippen LogP) is 5.18. The molecule has 0 bridgehead atoms. The minimum atomic E-state index is -4.65. The first kappa shape index (κ1) is 22.7. The summed E-state index contributed by atoms with van der Waals surface area (Å²) in [5, 5.41) is 15.6. The van der Waals surface area contributed by atoms with Gasteiger partial charge in [-0.2, -0.15) is 18.4 Å². The number of hydrogen-bond acceptors (Lipinski definition) is 6.